The first kappa shape index (κ1) is 27.2. The van der Waals surface area contributed by atoms with Gasteiger partial charge in [-0.2, -0.15) is 13.2 Å². The zero-order valence-corrected chi connectivity index (χ0v) is 21.9. The number of halogens is 4. The fourth-order valence-electron chi connectivity index (χ4n) is 5.54. The number of fused-ring (bicyclic) bond motifs is 1. The van der Waals surface area contributed by atoms with Crippen LogP contribution in [0.25, 0.3) is 16.8 Å². The molecule has 1 amide bonds. The number of carbonyl (C=O) groups excluding carboxylic acids is 2. The van der Waals surface area contributed by atoms with Crippen LogP contribution in [0, 0.1) is 11.2 Å². The van der Waals surface area contributed by atoms with E-state index in [1.165, 1.54) is 18.3 Å². The number of nitrogens with two attached hydrogens (primary N) is 1. The van der Waals surface area contributed by atoms with Gasteiger partial charge >= 0.3 is 6.18 Å². The summed E-state index contributed by atoms with van der Waals surface area (Å²) in [5.41, 5.74) is 5.36. The number of benzene rings is 1. The highest BCUT2D eigenvalue weighted by atomic mass is 19.4. The van der Waals surface area contributed by atoms with Crippen molar-refractivity contribution in [1.29, 1.82) is 0 Å². The van der Waals surface area contributed by atoms with Crippen molar-refractivity contribution in [3.05, 3.63) is 71.6 Å². The normalized spacial score (nSPS) is 16.5. The van der Waals surface area contributed by atoms with Crippen LogP contribution in [-0.4, -0.2) is 50.9 Å². The van der Waals surface area contributed by atoms with Gasteiger partial charge in [0.05, 0.1) is 12.2 Å². The fourth-order valence-corrected chi connectivity index (χ4v) is 5.54. The second kappa shape index (κ2) is 10.1. The lowest BCUT2D eigenvalue weighted by atomic mass is 9.76. The van der Waals surface area contributed by atoms with Gasteiger partial charge in [-0.05, 0) is 49.6 Å². The second-order valence-electron chi connectivity index (χ2n) is 10.2. The molecule has 3 aromatic heterocycles. The van der Waals surface area contributed by atoms with Crippen LogP contribution >= 0.6 is 0 Å². The molecule has 2 saturated heterocycles. The summed E-state index contributed by atoms with van der Waals surface area (Å²) in [5, 5.41) is 2.26. The number of aromatic nitrogens is 4. The number of anilines is 3. The van der Waals surface area contributed by atoms with Crippen LogP contribution in [0.2, 0.25) is 0 Å². The van der Waals surface area contributed by atoms with Crippen LogP contribution in [0.1, 0.15) is 35.2 Å². The minimum absolute atomic E-state index is 0.0519. The summed E-state index contributed by atoms with van der Waals surface area (Å²) < 4.78 is 61.8. The van der Waals surface area contributed by atoms with Gasteiger partial charge in [0.2, 0.25) is 5.95 Å². The molecular formula is C28H23F4N7O3. The Labute approximate surface area is 235 Å². The van der Waals surface area contributed by atoms with E-state index < -0.39 is 23.5 Å². The number of alkyl halides is 3. The third-order valence-corrected chi connectivity index (χ3v) is 7.78. The number of pyridine rings is 1. The minimum atomic E-state index is -4.62. The average molecular weight is 582 g/mol. The molecule has 0 saturated carbocycles. The zero-order chi connectivity index (χ0) is 29.6. The predicted molar refractivity (Wildman–Crippen MR) is 144 cm³/mol. The molecule has 4 aromatic rings. The Morgan fingerprint density at radius 3 is 2.60 bits per heavy atom. The van der Waals surface area contributed by atoms with Crippen molar-refractivity contribution in [2.75, 3.05) is 35.6 Å². The Bertz CT molecular complexity index is 1760. The molecule has 3 N–H and O–H groups in total. The molecule has 5 heterocycles. The van der Waals surface area contributed by atoms with Crippen molar-refractivity contribution in [1.82, 2.24) is 19.4 Å². The first-order valence-corrected chi connectivity index (χ1v) is 13.0. The molecular weight excluding hydrogens is 558 g/mol. The maximum Gasteiger partial charge on any atom is 0.416 e. The molecule has 0 unspecified atom stereocenters. The smallest absolute Gasteiger partial charge is 0.416 e. The second-order valence-corrected chi connectivity index (χ2v) is 10.2. The Morgan fingerprint density at radius 1 is 1.10 bits per heavy atom. The van der Waals surface area contributed by atoms with Crippen LogP contribution in [0.15, 0.2) is 54.7 Å². The molecule has 10 nitrogen and oxygen atoms in total. The van der Waals surface area contributed by atoms with Gasteiger partial charge in [-0.3, -0.25) is 9.20 Å². The van der Waals surface area contributed by atoms with Gasteiger partial charge in [-0.25, -0.2) is 24.1 Å². The van der Waals surface area contributed by atoms with E-state index in [0.29, 0.717) is 55.8 Å². The molecule has 42 heavy (non-hydrogen) atoms. The summed E-state index contributed by atoms with van der Waals surface area (Å²) >= 11 is 0. The number of amides is 1. The number of allylic oxidation sites excluding steroid dienone is 1. The third-order valence-electron chi connectivity index (χ3n) is 7.78. The zero-order valence-electron chi connectivity index (χ0n) is 21.9. The molecule has 6 rings (SSSR count). The number of nitrogens with zero attached hydrogens (tertiary/aromatic N) is 5. The standard InChI is InChI=1S/C28H23F4N7O3/c29-19-13-16(25(41)36-21-14-17(3-7-34-21)28(30,31)32)1-2-18(19)22-23-24(33)35-8-11-39(23)26(37-22)38-9-4-27(5-10-38)6-12-42-20(27)15-40/h1-3,7-8,11,13-14H,4-6,9-10,12H2,(H2,33,35)(H,34,36,41). The van der Waals surface area contributed by atoms with Crippen LogP contribution in [0.5, 0.6) is 0 Å². The van der Waals surface area contributed by atoms with Gasteiger partial charge in [-0.1, -0.05) is 0 Å². The number of nitrogen functional groups attached to an aromatic ring is 1. The number of carbonyl (C=O) groups is 1. The van der Waals surface area contributed by atoms with Gasteiger partial charge in [0.1, 0.15) is 28.7 Å². The Hall–Kier alpha value is -4.97. The van der Waals surface area contributed by atoms with Crippen molar-refractivity contribution in [2.45, 2.75) is 25.4 Å². The fraction of sp³-hybridized carbons (Fsp3) is 0.286. The summed E-state index contributed by atoms with van der Waals surface area (Å²) in [6, 6.07) is 5.11. The largest absolute Gasteiger partial charge is 0.486 e. The minimum Gasteiger partial charge on any atom is -0.486 e. The highest BCUT2D eigenvalue weighted by Crippen LogP contribution is 2.46. The third kappa shape index (κ3) is 4.69. The molecule has 0 radical (unpaired) electrons. The number of imidazole rings is 1. The van der Waals surface area contributed by atoms with Crippen LogP contribution in [0.4, 0.5) is 35.1 Å². The number of rotatable bonds is 4. The van der Waals surface area contributed by atoms with Crippen molar-refractivity contribution in [3.8, 4) is 11.3 Å². The van der Waals surface area contributed by atoms with Crippen LogP contribution in [0.3, 0.4) is 0 Å². The van der Waals surface area contributed by atoms with E-state index in [2.05, 4.69) is 15.3 Å². The van der Waals surface area contributed by atoms with E-state index >= 15 is 4.39 Å². The number of nitrogens with one attached hydrogen (secondary N) is 1. The Morgan fingerprint density at radius 2 is 1.88 bits per heavy atom. The van der Waals surface area contributed by atoms with Crippen LogP contribution in [-0.2, 0) is 15.7 Å². The van der Waals surface area contributed by atoms with Gasteiger partial charge in [0.25, 0.3) is 5.91 Å². The summed E-state index contributed by atoms with van der Waals surface area (Å²) in [6.45, 7) is 1.59. The molecule has 2 fully saturated rings. The lowest BCUT2D eigenvalue weighted by Crippen LogP contribution is -2.40. The average Bonchev–Trinajstić information content (AvgIpc) is 3.55. The van der Waals surface area contributed by atoms with E-state index in [4.69, 9.17) is 15.5 Å². The maximum atomic E-state index is 15.5. The highest BCUT2D eigenvalue weighted by molar-refractivity contribution is 6.04. The summed E-state index contributed by atoms with van der Waals surface area (Å²) in [7, 11) is 0. The van der Waals surface area contributed by atoms with Crippen LogP contribution < -0.4 is 16.0 Å². The first-order valence-electron chi connectivity index (χ1n) is 13.0. The molecule has 14 heteroatoms. The van der Waals surface area contributed by atoms with E-state index in [0.717, 1.165) is 24.8 Å². The molecule has 0 aliphatic carbocycles. The Kier molecular flexibility index (Phi) is 6.57. The van der Waals surface area contributed by atoms with Crippen molar-refractivity contribution in [2.24, 2.45) is 5.41 Å². The number of hydrogen-bond donors (Lipinski definition) is 2. The Balaban J connectivity index is 1.29. The van der Waals surface area contributed by atoms with Gasteiger partial charge < -0.3 is 20.7 Å². The van der Waals surface area contributed by atoms with Crippen molar-refractivity contribution in [3.63, 3.8) is 0 Å². The van der Waals surface area contributed by atoms with Gasteiger partial charge in [-0.15, -0.1) is 0 Å². The molecule has 0 atom stereocenters. The lowest BCUT2D eigenvalue weighted by Gasteiger charge is -2.37. The van der Waals surface area contributed by atoms with E-state index in [9.17, 15) is 22.8 Å². The number of ether oxygens (including phenoxy) is 1. The molecule has 0 bridgehead atoms. The SMILES string of the molecule is Nc1nccn2c(N3CCC4(CCOC4=C=O)CC3)nc(-c3ccc(C(=O)Nc4cc(C(F)(F)F)ccn4)cc3F)c12. The summed E-state index contributed by atoms with van der Waals surface area (Å²) in [4.78, 5) is 38.7. The molecule has 2 aliphatic rings. The van der Waals surface area contributed by atoms with E-state index in [-0.39, 0.29) is 33.9 Å². The number of hydrogen-bond acceptors (Lipinski definition) is 8. The van der Waals surface area contributed by atoms with Gasteiger partial charge in [0, 0.05) is 48.2 Å². The quantitative estimate of drug-likeness (QED) is 0.266. The lowest BCUT2D eigenvalue weighted by molar-refractivity contribution is -0.137. The van der Waals surface area contributed by atoms with Crippen molar-refractivity contribution >= 4 is 34.9 Å². The predicted octanol–water partition coefficient (Wildman–Crippen LogP) is 4.51. The topological polar surface area (TPSA) is 128 Å². The monoisotopic (exact) mass is 581 g/mol. The molecule has 1 aromatic carbocycles. The molecule has 216 valence electrons. The van der Waals surface area contributed by atoms with Gasteiger partial charge in [0.15, 0.2) is 11.7 Å². The first-order chi connectivity index (χ1) is 20.1. The van der Waals surface area contributed by atoms with E-state index in [1.54, 1.807) is 10.6 Å². The number of piperidine rings is 1. The summed E-state index contributed by atoms with van der Waals surface area (Å²) in [5.74, 6) is 0.967. The molecule has 2 aliphatic heterocycles. The van der Waals surface area contributed by atoms with E-state index in [1.807, 2.05) is 10.8 Å². The molecule has 1 spiro atoms. The highest BCUT2D eigenvalue weighted by Gasteiger charge is 2.44. The maximum absolute atomic E-state index is 15.5. The summed E-state index contributed by atoms with van der Waals surface area (Å²) in [6.07, 6.45) is 1.53. The van der Waals surface area contributed by atoms with Crippen molar-refractivity contribution < 1.29 is 31.9 Å².